The first-order valence-electron chi connectivity index (χ1n) is 6.20. The molecule has 2 rings (SSSR count). The van der Waals surface area contributed by atoms with Crippen LogP contribution in [0.3, 0.4) is 0 Å². The molecular weight excluding hydrogens is 359 g/mol. The van der Waals surface area contributed by atoms with Gasteiger partial charge in [-0.2, -0.15) is 0 Å². The minimum absolute atomic E-state index is 0.0681. The Morgan fingerprint density at radius 3 is 2.57 bits per heavy atom. The molecule has 0 spiro atoms. The van der Waals surface area contributed by atoms with Gasteiger partial charge in [-0.05, 0) is 49.2 Å². The molecule has 2 aromatic rings. The lowest BCUT2D eigenvalue weighted by molar-refractivity contribution is 0.103. The Hall–Kier alpha value is -1.39. The molecule has 0 saturated carbocycles. The molecule has 0 N–H and O–H groups in total. The van der Waals surface area contributed by atoms with Crippen molar-refractivity contribution >= 4 is 33.3 Å². The van der Waals surface area contributed by atoms with E-state index in [2.05, 4.69) is 15.9 Å². The minimum atomic E-state index is -0.608. The highest BCUT2D eigenvalue weighted by Gasteiger charge is 2.23. The highest BCUT2D eigenvalue weighted by molar-refractivity contribution is 9.10. The summed E-state index contributed by atoms with van der Waals surface area (Å²) in [5, 5.41) is 0.308. The second kappa shape index (κ2) is 6.16. The van der Waals surface area contributed by atoms with E-state index in [1.54, 1.807) is 6.92 Å². The summed E-state index contributed by atoms with van der Waals surface area (Å²) in [6.07, 6.45) is 0. The van der Waals surface area contributed by atoms with Crippen LogP contribution in [0.4, 0.5) is 4.39 Å². The summed E-state index contributed by atoms with van der Waals surface area (Å²) in [5.41, 5.74) is 1.76. The summed E-state index contributed by atoms with van der Waals surface area (Å²) in [4.78, 5) is 12.7. The maximum absolute atomic E-state index is 13.9. The molecular formula is C16H13BrClFO2. The average Bonchev–Trinajstić information content (AvgIpc) is 2.44. The molecule has 0 heterocycles. The van der Waals surface area contributed by atoms with Crippen molar-refractivity contribution in [1.29, 1.82) is 0 Å². The van der Waals surface area contributed by atoms with Gasteiger partial charge in [0.25, 0.3) is 0 Å². The molecule has 0 amide bonds. The van der Waals surface area contributed by atoms with Crippen molar-refractivity contribution in [2.75, 3.05) is 7.11 Å². The summed E-state index contributed by atoms with van der Waals surface area (Å²) in [5.74, 6) is -0.614. The van der Waals surface area contributed by atoms with Gasteiger partial charge in [0.05, 0.1) is 18.2 Å². The number of benzene rings is 2. The van der Waals surface area contributed by atoms with Crippen molar-refractivity contribution in [2.45, 2.75) is 13.8 Å². The molecule has 0 aromatic heterocycles. The van der Waals surface area contributed by atoms with Crippen molar-refractivity contribution in [3.63, 3.8) is 0 Å². The number of ether oxygens (including phenoxy) is 1. The van der Waals surface area contributed by atoms with Gasteiger partial charge >= 0.3 is 0 Å². The van der Waals surface area contributed by atoms with Gasteiger partial charge in [0.1, 0.15) is 11.6 Å². The SMILES string of the molecule is COc1c(C)cc(Br)c(C)c1C(=O)c1cc(Cl)ccc1F. The van der Waals surface area contributed by atoms with E-state index in [0.29, 0.717) is 21.9 Å². The molecule has 0 unspecified atom stereocenters. The molecule has 2 nitrogen and oxygen atoms in total. The molecule has 21 heavy (non-hydrogen) atoms. The highest BCUT2D eigenvalue weighted by atomic mass is 79.9. The van der Waals surface area contributed by atoms with Gasteiger partial charge in [0.15, 0.2) is 5.78 Å². The van der Waals surface area contributed by atoms with Gasteiger partial charge in [0.2, 0.25) is 0 Å². The van der Waals surface area contributed by atoms with Crippen LogP contribution in [-0.2, 0) is 0 Å². The number of aryl methyl sites for hydroxylation is 1. The molecule has 110 valence electrons. The number of carbonyl (C=O) groups is 1. The normalized spacial score (nSPS) is 10.6. The number of carbonyl (C=O) groups excluding carboxylic acids is 1. The Labute approximate surface area is 136 Å². The summed E-state index contributed by atoms with van der Waals surface area (Å²) < 4.78 is 20.0. The van der Waals surface area contributed by atoms with Crippen molar-refractivity contribution in [1.82, 2.24) is 0 Å². The lowest BCUT2D eigenvalue weighted by Gasteiger charge is -2.15. The smallest absolute Gasteiger partial charge is 0.200 e. The Morgan fingerprint density at radius 2 is 1.95 bits per heavy atom. The monoisotopic (exact) mass is 370 g/mol. The zero-order valence-corrected chi connectivity index (χ0v) is 14.1. The second-order valence-corrected chi connectivity index (χ2v) is 5.95. The molecule has 5 heteroatoms. The molecule has 0 aliphatic rings. The predicted octanol–water partition coefficient (Wildman–Crippen LogP) is 5.10. The molecule has 0 atom stereocenters. The summed E-state index contributed by atoms with van der Waals surface area (Å²) >= 11 is 9.27. The van der Waals surface area contributed by atoms with Crippen LogP contribution in [0.1, 0.15) is 27.0 Å². The quantitative estimate of drug-likeness (QED) is 0.702. The van der Waals surface area contributed by atoms with Crippen molar-refractivity contribution < 1.29 is 13.9 Å². The van der Waals surface area contributed by atoms with Crippen LogP contribution >= 0.6 is 27.5 Å². The van der Waals surface area contributed by atoms with Crippen molar-refractivity contribution in [3.8, 4) is 5.75 Å². The van der Waals surface area contributed by atoms with Gasteiger partial charge in [0, 0.05) is 9.50 Å². The van der Waals surface area contributed by atoms with E-state index in [4.69, 9.17) is 16.3 Å². The maximum Gasteiger partial charge on any atom is 0.200 e. The number of hydrogen-bond acceptors (Lipinski definition) is 2. The van der Waals surface area contributed by atoms with Gasteiger partial charge in [-0.3, -0.25) is 4.79 Å². The fraction of sp³-hybridized carbons (Fsp3) is 0.188. The van der Waals surface area contributed by atoms with E-state index in [0.717, 1.165) is 10.0 Å². The van der Waals surface area contributed by atoms with Crippen molar-refractivity contribution in [2.24, 2.45) is 0 Å². The molecule has 0 fully saturated rings. The van der Waals surface area contributed by atoms with E-state index < -0.39 is 11.6 Å². The Morgan fingerprint density at radius 1 is 1.29 bits per heavy atom. The molecule has 0 saturated heterocycles. The van der Waals surface area contributed by atoms with Crippen LogP contribution in [0, 0.1) is 19.7 Å². The van der Waals surface area contributed by atoms with Crippen LogP contribution in [-0.4, -0.2) is 12.9 Å². The summed E-state index contributed by atoms with van der Waals surface area (Å²) in [6, 6.07) is 5.78. The zero-order valence-electron chi connectivity index (χ0n) is 11.8. The topological polar surface area (TPSA) is 26.3 Å². The molecule has 0 bridgehead atoms. The zero-order chi connectivity index (χ0) is 15.7. The van der Waals surface area contributed by atoms with Gasteiger partial charge in [-0.25, -0.2) is 4.39 Å². The Kier molecular flexibility index (Phi) is 4.69. The van der Waals surface area contributed by atoms with E-state index in [1.165, 1.54) is 25.3 Å². The number of ketones is 1. The van der Waals surface area contributed by atoms with E-state index in [1.807, 2.05) is 13.0 Å². The predicted molar refractivity (Wildman–Crippen MR) is 85.0 cm³/mol. The first-order chi connectivity index (χ1) is 9.86. The third-order valence-electron chi connectivity index (χ3n) is 3.27. The van der Waals surface area contributed by atoms with Crippen LogP contribution in [0.25, 0.3) is 0 Å². The first kappa shape index (κ1) is 16.0. The number of methoxy groups -OCH3 is 1. The third-order valence-corrected chi connectivity index (χ3v) is 4.32. The van der Waals surface area contributed by atoms with Gasteiger partial charge < -0.3 is 4.74 Å². The van der Waals surface area contributed by atoms with Crippen LogP contribution in [0.15, 0.2) is 28.7 Å². The van der Waals surface area contributed by atoms with E-state index >= 15 is 0 Å². The highest BCUT2D eigenvalue weighted by Crippen LogP contribution is 2.34. The van der Waals surface area contributed by atoms with Gasteiger partial charge in [-0.1, -0.05) is 27.5 Å². The first-order valence-corrected chi connectivity index (χ1v) is 7.37. The number of rotatable bonds is 3. The van der Waals surface area contributed by atoms with Crippen LogP contribution in [0.2, 0.25) is 5.02 Å². The Bertz CT molecular complexity index is 729. The summed E-state index contributed by atoms with van der Waals surface area (Å²) in [7, 11) is 1.49. The van der Waals surface area contributed by atoms with Gasteiger partial charge in [-0.15, -0.1) is 0 Å². The molecule has 2 aromatic carbocycles. The average molecular weight is 372 g/mol. The Balaban J connectivity index is 2.71. The van der Waals surface area contributed by atoms with E-state index in [-0.39, 0.29) is 5.56 Å². The van der Waals surface area contributed by atoms with E-state index in [9.17, 15) is 9.18 Å². The molecule has 0 aliphatic carbocycles. The fourth-order valence-electron chi connectivity index (χ4n) is 2.19. The maximum atomic E-state index is 13.9. The summed E-state index contributed by atoms with van der Waals surface area (Å²) in [6.45, 7) is 3.61. The van der Waals surface area contributed by atoms with Crippen molar-refractivity contribution in [3.05, 3.63) is 61.8 Å². The largest absolute Gasteiger partial charge is 0.496 e. The molecule has 0 aliphatic heterocycles. The van der Waals surface area contributed by atoms with Crippen LogP contribution < -0.4 is 4.74 Å². The third kappa shape index (κ3) is 2.97. The standard InChI is InChI=1S/C16H13BrClFO2/c1-8-6-12(17)9(2)14(16(8)21-3)15(20)11-7-10(18)4-5-13(11)19/h4-7H,1-3H3. The number of hydrogen-bond donors (Lipinski definition) is 0. The molecule has 0 radical (unpaired) electrons. The lowest BCUT2D eigenvalue weighted by Crippen LogP contribution is -2.10. The lowest BCUT2D eigenvalue weighted by atomic mass is 9.95. The number of halogens is 3. The second-order valence-electron chi connectivity index (χ2n) is 4.66. The fourth-order valence-corrected chi connectivity index (χ4v) is 2.91. The minimum Gasteiger partial charge on any atom is -0.496 e. The van der Waals surface area contributed by atoms with Crippen LogP contribution in [0.5, 0.6) is 5.75 Å².